The Morgan fingerprint density at radius 2 is 1.91 bits per heavy atom. The van der Waals surface area contributed by atoms with Gasteiger partial charge in [0.1, 0.15) is 24.2 Å². The van der Waals surface area contributed by atoms with Crippen molar-refractivity contribution in [1.29, 1.82) is 0 Å². The van der Waals surface area contributed by atoms with Gasteiger partial charge in [-0.2, -0.15) is 0 Å². The van der Waals surface area contributed by atoms with Gasteiger partial charge in [-0.1, -0.05) is 29.4 Å². The standard InChI is InChI=1S/C24H25NO6S/c1-15(2)32(27,28)21-8-4-17(5-9-21)11-24(26)29-14-20-13-23(31-25-20)19-7-6-18-10-16(3)30-22(18)12-19/h4-9,12-13,15-16H,10-11,14H2,1-3H3. The van der Waals surface area contributed by atoms with Gasteiger partial charge in [0.2, 0.25) is 0 Å². The van der Waals surface area contributed by atoms with Gasteiger partial charge in [0.15, 0.2) is 15.6 Å². The van der Waals surface area contributed by atoms with Gasteiger partial charge in [0.05, 0.1) is 16.6 Å². The minimum atomic E-state index is -3.34. The first-order valence-electron chi connectivity index (χ1n) is 10.5. The highest BCUT2D eigenvalue weighted by Gasteiger charge is 2.21. The van der Waals surface area contributed by atoms with E-state index in [1.807, 2.05) is 25.1 Å². The average molecular weight is 456 g/mol. The summed E-state index contributed by atoms with van der Waals surface area (Å²) in [5.41, 5.74) is 3.19. The van der Waals surface area contributed by atoms with Gasteiger partial charge >= 0.3 is 5.97 Å². The smallest absolute Gasteiger partial charge is 0.310 e. The van der Waals surface area contributed by atoms with Crippen LogP contribution in [0.15, 0.2) is 57.9 Å². The van der Waals surface area contributed by atoms with Crippen molar-refractivity contribution < 1.29 is 27.2 Å². The summed E-state index contributed by atoms with van der Waals surface area (Å²) < 4.78 is 40.9. The van der Waals surface area contributed by atoms with Crippen molar-refractivity contribution >= 4 is 15.8 Å². The van der Waals surface area contributed by atoms with Crippen molar-refractivity contribution in [1.82, 2.24) is 5.16 Å². The Balaban J connectivity index is 1.33. The van der Waals surface area contributed by atoms with Crippen LogP contribution in [0.3, 0.4) is 0 Å². The molecular weight excluding hydrogens is 430 g/mol. The molecule has 3 aromatic rings. The van der Waals surface area contributed by atoms with E-state index in [1.165, 1.54) is 17.7 Å². The van der Waals surface area contributed by atoms with Crippen molar-refractivity contribution in [2.45, 2.75) is 56.5 Å². The van der Waals surface area contributed by atoms with E-state index in [0.29, 0.717) is 17.0 Å². The first-order chi connectivity index (χ1) is 15.2. The number of sulfone groups is 1. The Morgan fingerprint density at radius 3 is 2.62 bits per heavy atom. The number of rotatable bonds is 7. The van der Waals surface area contributed by atoms with E-state index in [4.69, 9.17) is 14.0 Å². The highest BCUT2D eigenvalue weighted by Crippen LogP contribution is 2.33. The molecule has 1 aliphatic heterocycles. The molecule has 1 atom stereocenters. The third-order valence-corrected chi connectivity index (χ3v) is 7.52. The predicted octanol–water partition coefficient (Wildman–Crippen LogP) is 4.13. The fraction of sp³-hybridized carbons (Fsp3) is 0.333. The minimum absolute atomic E-state index is 0.0133. The summed E-state index contributed by atoms with van der Waals surface area (Å²) in [6, 6.07) is 13.9. The lowest BCUT2D eigenvalue weighted by Crippen LogP contribution is -2.14. The highest BCUT2D eigenvalue weighted by molar-refractivity contribution is 7.92. The Kier molecular flexibility index (Phi) is 6.06. The summed E-state index contributed by atoms with van der Waals surface area (Å²) in [7, 11) is -3.34. The van der Waals surface area contributed by atoms with E-state index in [0.717, 1.165) is 17.7 Å². The number of carbonyl (C=O) groups excluding carboxylic acids is 1. The maximum absolute atomic E-state index is 12.2. The number of hydrogen-bond donors (Lipinski definition) is 0. The Bertz CT molecular complexity index is 1230. The molecule has 0 fully saturated rings. The van der Waals surface area contributed by atoms with Gasteiger partial charge in [-0.05, 0) is 50.1 Å². The summed E-state index contributed by atoms with van der Waals surface area (Å²) in [4.78, 5) is 12.4. The van der Waals surface area contributed by atoms with Crippen LogP contribution < -0.4 is 4.74 Å². The maximum Gasteiger partial charge on any atom is 0.310 e. The Morgan fingerprint density at radius 1 is 1.16 bits per heavy atom. The molecule has 0 N–H and O–H groups in total. The van der Waals surface area contributed by atoms with Crippen LogP contribution in [0.5, 0.6) is 5.75 Å². The zero-order valence-electron chi connectivity index (χ0n) is 18.2. The molecule has 0 amide bonds. The summed E-state index contributed by atoms with van der Waals surface area (Å²) in [6.07, 6.45) is 1.09. The van der Waals surface area contributed by atoms with Gasteiger partial charge in [-0.3, -0.25) is 4.79 Å². The van der Waals surface area contributed by atoms with Crippen LogP contribution in [0.25, 0.3) is 11.3 Å². The second kappa shape index (κ2) is 8.78. The normalized spacial score (nSPS) is 15.4. The lowest BCUT2D eigenvalue weighted by Gasteiger charge is -2.08. The molecule has 1 aromatic heterocycles. The van der Waals surface area contributed by atoms with Gasteiger partial charge in [0, 0.05) is 18.1 Å². The summed E-state index contributed by atoms with van der Waals surface area (Å²) in [5.74, 6) is 0.990. The maximum atomic E-state index is 12.2. The average Bonchev–Trinajstić information content (AvgIpc) is 3.37. The molecule has 32 heavy (non-hydrogen) atoms. The molecule has 0 spiro atoms. The minimum Gasteiger partial charge on any atom is -0.490 e. The number of esters is 1. The fourth-order valence-corrected chi connectivity index (χ4v) is 4.57. The molecule has 8 heteroatoms. The molecule has 0 saturated heterocycles. The molecule has 1 aliphatic rings. The van der Waals surface area contributed by atoms with Crippen LogP contribution in [0, 0.1) is 0 Å². The van der Waals surface area contributed by atoms with E-state index >= 15 is 0 Å². The summed E-state index contributed by atoms with van der Waals surface area (Å²) in [6.45, 7) is 5.28. The number of ether oxygens (including phenoxy) is 2. The van der Waals surface area contributed by atoms with Gasteiger partial charge in [0.25, 0.3) is 0 Å². The number of aromatic nitrogens is 1. The zero-order chi connectivity index (χ0) is 22.9. The van der Waals surface area contributed by atoms with Crippen molar-refractivity contribution in [3.05, 3.63) is 65.4 Å². The molecule has 2 aromatic carbocycles. The molecular formula is C24H25NO6S. The summed E-state index contributed by atoms with van der Waals surface area (Å²) in [5, 5.41) is 3.47. The molecule has 1 unspecified atom stereocenters. The van der Waals surface area contributed by atoms with Gasteiger partial charge < -0.3 is 14.0 Å². The molecule has 0 radical (unpaired) electrons. The van der Waals surface area contributed by atoms with Crippen molar-refractivity contribution in [2.24, 2.45) is 0 Å². The topological polar surface area (TPSA) is 95.7 Å². The molecule has 0 saturated carbocycles. The van der Waals surface area contributed by atoms with Gasteiger partial charge in [-0.25, -0.2) is 8.42 Å². The molecule has 168 valence electrons. The van der Waals surface area contributed by atoms with Crippen molar-refractivity contribution in [3.8, 4) is 17.1 Å². The second-order valence-corrected chi connectivity index (χ2v) is 10.7. The lowest BCUT2D eigenvalue weighted by atomic mass is 10.1. The van der Waals surface area contributed by atoms with E-state index in [9.17, 15) is 13.2 Å². The monoisotopic (exact) mass is 455 g/mol. The summed E-state index contributed by atoms with van der Waals surface area (Å²) >= 11 is 0. The van der Waals surface area contributed by atoms with Crippen LogP contribution in [0.1, 0.15) is 37.6 Å². The van der Waals surface area contributed by atoms with E-state index in [2.05, 4.69) is 5.16 Å². The van der Waals surface area contributed by atoms with Crippen LogP contribution in [0.2, 0.25) is 0 Å². The molecule has 2 heterocycles. The first-order valence-corrected chi connectivity index (χ1v) is 12.0. The van der Waals surface area contributed by atoms with Crippen LogP contribution in [-0.4, -0.2) is 30.9 Å². The Hall–Kier alpha value is -3.13. The van der Waals surface area contributed by atoms with E-state index < -0.39 is 21.1 Å². The lowest BCUT2D eigenvalue weighted by molar-refractivity contribution is -0.144. The number of fused-ring (bicyclic) bond motifs is 1. The van der Waals surface area contributed by atoms with E-state index in [-0.39, 0.29) is 24.0 Å². The number of hydrogen-bond acceptors (Lipinski definition) is 7. The SMILES string of the molecule is CC1Cc2ccc(-c3cc(COC(=O)Cc4ccc(S(=O)(=O)C(C)C)cc4)no3)cc2O1. The first kappa shape index (κ1) is 22.1. The number of nitrogens with zero attached hydrogens (tertiary/aromatic N) is 1. The fourth-order valence-electron chi connectivity index (χ4n) is 3.51. The second-order valence-electron chi connectivity index (χ2n) is 8.21. The van der Waals surface area contributed by atoms with E-state index in [1.54, 1.807) is 32.0 Å². The zero-order valence-corrected chi connectivity index (χ0v) is 19.0. The highest BCUT2D eigenvalue weighted by atomic mass is 32.2. The number of benzene rings is 2. The molecule has 0 bridgehead atoms. The van der Waals surface area contributed by atoms with Crippen molar-refractivity contribution in [2.75, 3.05) is 0 Å². The third kappa shape index (κ3) is 4.70. The van der Waals surface area contributed by atoms with Crippen LogP contribution in [0.4, 0.5) is 0 Å². The Labute approximate surface area is 187 Å². The molecule has 7 nitrogen and oxygen atoms in total. The van der Waals surface area contributed by atoms with Gasteiger partial charge in [-0.15, -0.1) is 0 Å². The van der Waals surface area contributed by atoms with Crippen LogP contribution >= 0.6 is 0 Å². The quantitative estimate of drug-likeness (QED) is 0.494. The predicted molar refractivity (Wildman–Crippen MR) is 118 cm³/mol. The van der Waals surface area contributed by atoms with Crippen LogP contribution in [-0.2, 0) is 38.8 Å². The van der Waals surface area contributed by atoms with Crippen molar-refractivity contribution in [3.63, 3.8) is 0 Å². The largest absolute Gasteiger partial charge is 0.490 e. The number of carbonyl (C=O) groups is 1. The molecule has 0 aliphatic carbocycles. The molecule has 4 rings (SSSR count). The third-order valence-electron chi connectivity index (χ3n) is 5.35.